The van der Waals surface area contributed by atoms with Crippen LogP contribution in [-0.4, -0.2) is 104 Å². The number of rotatable bonds is 19. The summed E-state index contributed by atoms with van der Waals surface area (Å²) in [4.78, 5) is 60.0. The van der Waals surface area contributed by atoms with Gasteiger partial charge in [-0.15, -0.1) is 0 Å². The van der Waals surface area contributed by atoms with E-state index in [0.29, 0.717) is 18.2 Å². The number of unbranched alkanes of at least 4 members (excludes halogenated alkanes) is 1. The zero-order valence-corrected chi connectivity index (χ0v) is 29.0. The van der Waals surface area contributed by atoms with E-state index in [1.165, 1.54) is 21.6 Å². The number of ether oxygens (including phenoxy) is 2. The summed E-state index contributed by atoms with van der Waals surface area (Å²) in [5.41, 5.74) is 0. The van der Waals surface area contributed by atoms with Gasteiger partial charge < -0.3 is 45.0 Å². The standard InChI is InChI=1S/C20H37BN3O14P3S3/c1-20(2,10-22-17(25)6-4-3-5-15-18-12(9-42-15)23-19(26)24-18)44-43-11-34-13-7-16(21)36-14(13)8-35-40(30,31)38-41(32,33)37-39(27,28)29/h12-16,18H,3-11H2,1-2H3,(H,22,25)(H,30,31)(H,32,33)(H2,23,24,26)(H2,27,28,29)/t12?,13?,14-,15?,16-,18?/m1/s1. The van der Waals surface area contributed by atoms with E-state index in [1.807, 2.05) is 25.6 Å². The SMILES string of the molecule is [B][C@H]1CC(OCSSC(C)(C)CNC(=O)CCCCC2SCC3NC(=O)NC32)[C@@H](COP(=O)(O)OP(=O)(O)OP(=O)(O)O)O1. The number of phosphoric acid groups is 3. The molecule has 3 aliphatic rings. The van der Waals surface area contributed by atoms with E-state index in [9.17, 15) is 33.1 Å². The molecule has 0 aliphatic carbocycles. The molecule has 8 atom stereocenters. The molecule has 3 fully saturated rings. The van der Waals surface area contributed by atoms with Gasteiger partial charge in [-0.05, 0) is 33.1 Å². The molecule has 24 heteroatoms. The van der Waals surface area contributed by atoms with Crippen LogP contribution in [0.25, 0.3) is 0 Å². The van der Waals surface area contributed by atoms with E-state index in [1.54, 1.807) is 0 Å². The fourth-order valence-corrected chi connectivity index (χ4v) is 11.3. The van der Waals surface area contributed by atoms with Crippen LogP contribution in [0.15, 0.2) is 0 Å². The highest BCUT2D eigenvalue weighted by Gasteiger charge is 2.43. The first-order valence-electron chi connectivity index (χ1n) is 13.4. The van der Waals surface area contributed by atoms with Crippen LogP contribution in [0.5, 0.6) is 0 Å². The predicted octanol–water partition coefficient (Wildman–Crippen LogP) is 1.96. The smallest absolute Gasteiger partial charge is 0.380 e. The Morgan fingerprint density at radius 1 is 1.16 bits per heavy atom. The van der Waals surface area contributed by atoms with E-state index in [0.717, 1.165) is 25.0 Å². The lowest BCUT2D eigenvalue weighted by atomic mass is 9.96. The van der Waals surface area contributed by atoms with Gasteiger partial charge in [-0.1, -0.05) is 28.0 Å². The number of carbonyl (C=O) groups is 2. The second kappa shape index (κ2) is 16.5. The Morgan fingerprint density at radius 3 is 2.59 bits per heavy atom. The Balaban J connectivity index is 1.29. The molecule has 0 bridgehead atoms. The number of hydrogen-bond acceptors (Lipinski definition) is 13. The summed E-state index contributed by atoms with van der Waals surface area (Å²) in [6, 6.07) is -0.546. The number of fused-ring (bicyclic) bond motifs is 1. The molecule has 0 saturated carbocycles. The van der Waals surface area contributed by atoms with Crippen LogP contribution in [0, 0.1) is 0 Å². The lowest BCUT2D eigenvalue weighted by Crippen LogP contribution is -2.37. The second-order valence-corrected chi connectivity index (χ2v) is 19.4. The van der Waals surface area contributed by atoms with Crippen molar-refractivity contribution in [3.63, 3.8) is 0 Å². The molecule has 3 aliphatic heterocycles. The van der Waals surface area contributed by atoms with Crippen molar-refractivity contribution in [1.29, 1.82) is 0 Å². The van der Waals surface area contributed by atoms with E-state index in [4.69, 9.17) is 27.1 Å². The number of amides is 3. The average molecular weight is 743 g/mol. The number of carbonyl (C=O) groups excluding carboxylic acids is 2. The van der Waals surface area contributed by atoms with Crippen molar-refractivity contribution in [2.75, 3.05) is 24.8 Å². The predicted molar refractivity (Wildman–Crippen MR) is 165 cm³/mol. The molecule has 0 aromatic carbocycles. The molecule has 3 amide bonds. The van der Waals surface area contributed by atoms with E-state index in [-0.39, 0.29) is 41.1 Å². The maximum atomic E-state index is 12.4. The lowest BCUT2D eigenvalue weighted by Gasteiger charge is -2.25. The summed E-state index contributed by atoms with van der Waals surface area (Å²) in [5, 5.41) is 9.21. The number of urea groups is 1. The van der Waals surface area contributed by atoms with Crippen molar-refractivity contribution in [2.24, 2.45) is 0 Å². The maximum absolute atomic E-state index is 12.4. The average Bonchev–Trinajstić information content (AvgIpc) is 3.53. The molecule has 0 spiro atoms. The highest BCUT2D eigenvalue weighted by molar-refractivity contribution is 8.77. The van der Waals surface area contributed by atoms with Crippen molar-refractivity contribution in [1.82, 2.24) is 16.0 Å². The summed E-state index contributed by atoms with van der Waals surface area (Å²) in [6.07, 6.45) is 1.57. The number of phosphoric ester groups is 1. The lowest BCUT2D eigenvalue weighted by molar-refractivity contribution is -0.121. The van der Waals surface area contributed by atoms with Crippen molar-refractivity contribution >= 4 is 76.6 Å². The van der Waals surface area contributed by atoms with E-state index >= 15 is 0 Å². The van der Waals surface area contributed by atoms with Crippen molar-refractivity contribution in [3.05, 3.63) is 0 Å². The van der Waals surface area contributed by atoms with Crippen LogP contribution in [0.4, 0.5) is 4.79 Å². The molecule has 17 nitrogen and oxygen atoms in total. The molecular weight excluding hydrogens is 706 g/mol. The molecule has 2 radical (unpaired) electrons. The topological polar surface area (TPSA) is 249 Å². The second-order valence-electron chi connectivity index (χ2n) is 10.8. The van der Waals surface area contributed by atoms with Crippen LogP contribution in [0.2, 0.25) is 0 Å². The quantitative estimate of drug-likeness (QED) is 0.0249. The van der Waals surface area contributed by atoms with Crippen LogP contribution < -0.4 is 16.0 Å². The molecule has 6 unspecified atom stereocenters. The fraction of sp³-hybridized carbons (Fsp3) is 0.900. The first kappa shape index (κ1) is 38.6. The third-order valence-electron chi connectivity index (χ3n) is 6.45. The van der Waals surface area contributed by atoms with Gasteiger partial charge in [-0.2, -0.15) is 20.4 Å². The van der Waals surface area contributed by atoms with Gasteiger partial charge >= 0.3 is 29.5 Å². The molecule has 3 heterocycles. The normalized spacial score (nSPS) is 29.8. The molecule has 252 valence electrons. The third-order valence-corrected chi connectivity index (χ3v) is 14.7. The van der Waals surface area contributed by atoms with Gasteiger partial charge in [0.2, 0.25) is 5.91 Å². The van der Waals surface area contributed by atoms with Crippen LogP contribution in [0.1, 0.15) is 46.0 Å². The number of nitrogens with one attached hydrogen (secondary N) is 3. The summed E-state index contributed by atoms with van der Waals surface area (Å²) in [6.45, 7) is 3.68. The van der Waals surface area contributed by atoms with Gasteiger partial charge in [0.1, 0.15) is 19.9 Å². The minimum absolute atomic E-state index is 0.0383. The minimum atomic E-state index is -5.64. The van der Waals surface area contributed by atoms with E-state index < -0.39 is 48.3 Å². The highest BCUT2D eigenvalue weighted by Crippen LogP contribution is 2.66. The molecular formula is C20H37BN3O14P3S3. The molecule has 7 N–H and O–H groups in total. The molecule has 44 heavy (non-hydrogen) atoms. The monoisotopic (exact) mass is 743 g/mol. The first-order valence-corrected chi connectivity index (χ1v) is 21.3. The van der Waals surface area contributed by atoms with Crippen molar-refractivity contribution in [3.8, 4) is 0 Å². The van der Waals surface area contributed by atoms with Crippen molar-refractivity contribution in [2.45, 2.75) is 86.2 Å². The molecule has 3 rings (SSSR count). The van der Waals surface area contributed by atoms with Gasteiger partial charge in [0.25, 0.3) is 0 Å². The minimum Gasteiger partial charge on any atom is -0.380 e. The summed E-state index contributed by atoms with van der Waals surface area (Å²) >= 11 is 1.85. The van der Waals surface area contributed by atoms with E-state index in [2.05, 4.69) is 29.1 Å². The van der Waals surface area contributed by atoms with Gasteiger partial charge in [0.05, 0.1) is 24.8 Å². The molecule has 0 aromatic rings. The molecule has 3 saturated heterocycles. The number of hydrogen-bond donors (Lipinski definition) is 7. The summed E-state index contributed by atoms with van der Waals surface area (Å²) in [7, 11) is -7.82. The van der Waals surface area contributed by atoms with Crippen LogP contribution >= 0.6 is 56.8 Å². The third kappa shape index (κ3) is 13.7. The zero-order valence-electron chi connectivity index (χ0n) is 23.8. The van der Waals surface area contributed by atoms with Gasteiger partial charge in [0, 0.05) is 34.7 Å². The first-order chi connectivity index (χ1) is 20.3. The van der Waals surface area contributed by atoms with Crippen molar-refractivity contribution < 1.29 is 65.5 Å². The molecule has 0 aromatic heterocycles. The fourth-order valence-electron chi connectivity index (χ4n) is 4.54. The Morgan fingerprint density at radius 2 is 1.89 bits per heavy atom. The van der Waals surface area contributed by atoms with Gasteiger partial charge in [-0.25, -0.2) is 18.5 Å². The highest BCUT2D eigenvalue weighted by atomic mass is 33.1. The summed E-state index contributed by atoms with van der Waals surface area (Å²) < 4.78 is 57.0. The van der Waals surface area contributed by atoms with Gasteiger partial charge in [0.15, 0.2) is 0 Å². The maximum Gasteiger partial charge on any atom is 0.490 e. The number of thioether (sulfide) groups is 1. The van der Waals surface area contributed by atoms with Crippen LogP contribution in [-0.2, 0) is 41.1 Å². The van der Waals surface area contributed by atoms with Gasteiger partial charge in [-0.3, -0.25) is 9.32 Å². The zero-order chi connectivity index (χ0) is 32.8. The Kier molecular flexibility index (Phi) is 14.5. The Bertz CT molecular complexity index is 1160. The Hall–Kier alpha value is 0.185. The summed E-state index contributed by atoms with van der Waals surface area (Å²) in [5.74, 6) is 1.02. The Labute approximate surface area is 268 Å². The largest absolute Gasteiger partial charge is 0.490 e. The van der Waals surface area contributed by atoms with Crippen LogP contribution in [0.3, 0.4) is 0 Å².